The van der Waals surface area contributed by atoms with Gasteiger partial charge in [-0.25, -0.2) is 4.98 Å². The van der Waals surface area contributed by atoms with Crippen LogP contribution in [0.3, 0.4) is 0 Å². The highest BCUT2D eigenvalue weighted by Crippen LogP contribution is 2.29. The SMILES string of the molecule is Cc1ccc(NC(=O)Cc2nc(-c3ccccc3)c(C(=O)Nc3ccccc3)s2)cc1. The molecule has 0 unspecified atom stereocenters. The third-order valence-corrected chi connectivity index (χ3v) is 5.66. The van der Waals surface area contributed by atoms with E-state index < -0.39 is 0 Å². The van der Waals surface area contributed by atoms with Crippen LogP contribution in [0.15, 0.2) is 84.9 Å². The largest absolute Gasteiger partial charge is 0.326 e. The van der Waals surface area contributed by atoms with Crippen molar-refractivity contribution in [1.82, 2.24) is 4.98 Å². The zero-order chi connectivity index (χ0) is 21.6. The number of carbonyl (C=O) groups is 2. The Morgan fingerprint density at radius 1 is 0.806 bits per heavy atom. The summed E-state index contributed by atoms with van der Waals surface area (Å²) in [6.07, 6.45) is 0.0942. The summed E-state index contributed by atoms with van der Waals surface area (Å²) in [4.78, 5) is 30.6. The predicted octanol–water partition coefficient (Wildman–Crippen LogP) is 5.55. The monoisotopic (exact) mass is 427 g/mol. The molecular weight excluding hydrogens is 406 g/mol. The fraction of sp³-hybridized carbons (Fsp3) is 0.0800. The summed E-state index contributed by atoms with van der Waals surface area (Å²) < 4.78 is 0. The lowest BCUT2D eigenvalue weighted by atomic mass is 10.1. The minimum absolute atomic E-state index is 0.0942. The molecule has 0 spiro atoms. The van der Waals surface area contributed by atoms with Crippen LogP contribution in [-0.2, 0) is 11.2 Å². The van der Waals surface area contributed by atoms with Crippen molar-refractivity contribution in [3.05, 3.63) is 100 Å². The van der Waals surface area contributed by atoms with Crippen LogP contribution in [0.2, 0.25) is 0 Å². The van der Waals surface area contributed by atoms with Crippen LogP contribution < -0.4 is 10.6 Å². The molecule has 0 radical (unpaired) electrons. The molecule has 0 aliphatic heterocycles. The number of thiazole rings is 1. The molecule has 31 heavy (non-hydrogen) atoms. The molecule has 2 N–H and O–H groups in total. The van der Waals surface area contributed by atoms with E-state index in [1.165, 1.54) is 11.3 Å². The van der Waals surface area contributed by atoms with Crippen LogP contribution >= 0.6 is 11.3 Å². The Hall–Kier alpha value is -3.77. The molecular formula is C25H21N3O2S. The van der Waals surface area contributed by atoms with Crippen LogP contribution in [0, 0.1) is 6.92 Å². The minimum atomic E-state index is -0.243. The number of anilines is 2. The van der Waals surface area contributed by atoms with Gasteiger partial charge in [0, 0.05) is 16.9 Å². The molecule has 0 bridgehead atoms. The third kappa shape index (κ3) is 5.24. The predicted molar refractivity (Wildman–Crippen MR) is 125 cm³/mol. The highest BCUT2D eigenvalue weighted by molar-refractivity contribution is 7.14. The topological polar surface area (TPSA) is 71.1 Å². The molecule has 3 aromatic carbocycles. The van der Waals surface area contributed by atoms with Gasteiger partial charge in [0.1, 0.15) is 9.88 Å². The van der Waals surface area contributed by atoms with Crippen molar-refractivity contribution in [2.45, 2.75) is 13.3 Å². The number of hydrogen-bond donors (Lipinski definition) is 2. The Morgan fingerprint density at radius 3 is 2.10 bits per heavy atom. The molecule has 0 fully saturated rings. The van der Waals surface area contributed by atoms with Gasteiger partial charge in [-0.05, 0) is 31.2 Å². The lowest BCUT2D eigenvalue weighted by Crippen LogP contribution is -2.14. The van der Waals surface area contributed by atoms with E-state index in [-0.39, 0.29) is 18.2 Å². The Kier molecular flexibility index (Phi) is 6.19. The van der Waals surface area contributed by atoms with Crippen molar-refractivity contribution in [3.8, 4) is 11.3 Å². The number of carbonyl (C=O) groups excluding carboxylic acids is 2. The highest BCUT2D eigenvalue weighted by atomic mass is 32.1. The fourth-order valence-electron chi connectivity index (χ4n) is 3.07. The molecule has 0 saturated heterocycles. The number of amides is 2. The first-order valence-electron chi connectivity index (χ1n) is 9.86. The Balaban J connectivity index is 1.58. The number of aromatic nitrogens is 1. The van der Waals surface area contributed by atoms with Gasteiger partial charge < -0.3 is 10.6 Å². The van der Waals surface area contributed by atoms with Crippen LogP contribution in [0.1, 0.15) is 20.2 Å². The van der Waals surface area contributed by atoms with Gasteiger partial charge in [-0.2, -0.15) is 0 Å². The molecule has 0 aliphatic rings. The molecule has 6 heteroatoms. The number of rotatable bonds is 6. The first kappa shape index (κ1) is 20.5. The van der Waals surface area contributed by atoms with E-state index in [2.05, 4.69) is 15.6 Å². The smallest absolute Gasteiger partial charge is 0.268 e. The van der Waals surface area contributed by atoms with E-state index in [0.717, 1.165) is 16.8 Å². The van der Waals surface area contributed by atoms with Gasteiger partial charge in [-0.1, -0.05) is 66.2 Å². The normalized spacial score (nSPS) is 10.5. The summed E-state index contributed by atoms with van der Waals surface area (Å²) in [6, 6.07) is 26.4. The van der Waals surface area contributed by atoms with Crippen LogP contribution in [0.4, 0.5) is 11.4 Å². The van der Waals surface area contributed by atoms with E-state index in [1.54, 1.807) is 0 Å². The number of para-hydroxylation sites is 1. The van der Waals surface area contributed by atoms with Gasteiger partial charge in [0.2, 0.25) is 5.91 Å². The van der Waals surface area contributed by atoms with E-state index in [4.69, 9.17) is 0 Å². The van der Waals surface area contributed by atoms with E-state index in [0.29, 0.717) is 21.3 Å². The Labute approximate surface area is 184 Å². The van der Waals surface area contributed by atoms with Gasteiger partial charge in [0.25, 0.3) is 5.91 Å². The number of nitrogens with one attached hydrogen (secondary N) is 2. The summed E-state index contributed by atoms with van der Waals surface area (Å²) in [7, 11) is 0. The molecule has 1 heterocycles. The summed E-state index contributed by atoms with van der Waals surface area (Å²) in [5.41, 5.74) is 3.98. The summed E-state index contributed by atoms with van der Waals surface area (Å²) >= 11 is 1.24. The summed E-state index contributed by atoms with van der Waals surface area (Å²) in [5.74, 6) is -0.417. The van der Waals surface area contributed by atoms with E-state index >= 15 is 0 Å². The van der Waals surface area contributed by atoms with Crippen LogP contribution in [0.5, 0.6) is 0 Å². The number of hydrogen-bond acceptors (Lipinski definition) is 4. The maximum atomic E-state index is 13.0. The van der Waals surface area contributed by atoms with Crippen molar-refractivity contribution in [2.24, 2.45) is 0 Å². The fourth-order valence-corrected chi connectivity index (χ4v) is 4.05. The number of benzene rings is 3. The second kappa shape index (κ2) is 9.36. The molecule has 1 aromatic heterocycles. The molecule has 0 saturated carbocycles. The maximum absolute atomic E-state index is 13.0. The van der Waals surface area contributed by atoms with Gasteiger partial charge in [0.05, 0.1) is 12.1 Å². The number of nitrogens with zero attached hydrogens (tertiary/aromatic N) is 1. The molecule has 154 valence electrons. The van der Waals surface area contributed by atoms with Crippen LogP contribution in [0.25, 0.3) is 11.3 Å². The lowest BCUT2D eigenvalue weighted by Gasteiger charge is -2.05. The first-order valence-corrected chi connectivity index (χ1v) is 10.7. The van der Waals surface area contributed by atoms with Crippen molar-refractivity contribution < 1.29 is 9.59 Å². The molecule has 0 atom stereocenters. The van der Waals surface area contributed by atoms with Crippen molar-refractivity contribution in [3.63, 3.8) is 0 Å². The summed E-state index contributed by atoms with van der Waals surface area (Å²) in [5, 5.41) is 6.38. The lowest BCUT2D eigenvalue weighted by molar-refractivity contribution is -0.115. The standard InChI is InChI=1S/C25H21N3O2S/c1-17-12-14-20(15-13-17)26-21(29)16-22-28-23(18-8-4-2-5-9-18)24(31-22)25(30)27-19-10-6-3-7-11-19/h2-15H,16H2,1H3,(H,26,29)(H,27,30). The highest BCUT2D eigenvalue weighted by Gasteiger charge is 2.21. The average Bonchev–Trinajstić information content (AvgIpc) is 3.20. The van der Waals surface area contributed by atoms with E-state index in [9.17, 15) is 9.59 Å². The summed E-state index contributed by atoms with van der Waals surface area (Å²) in [6.45, 7) is 1.99. The zero-order valence-corrected chi connectivity index (χ0v) is 17.8. The van der Waals surface area contributed by atoms with Gasteiger partial charge in [0.15, 0.2) is 0 Å². The number of aryl methyl sites for hydroxylation is 1. The van der Waals surface area contributed by atoms with Crippen LogP contribution in [-0.4, -0.2) is 16.8 Å². The Bertz CT molecular complexity index is 1190. The van der Waals surface area contributed by atoms with E-state index in [1.807, 2.05) is 91.9 Å². The molecule has 4 rings (SSSR count). The second-order valence-electron chi connectivity index (χ2n) is 7.06. The van der Waals surface area contributed by atoms with Crippen molar-refractivity contribution >= 4 is 34.5 Å². The average molecular weight is 428 g/mol. The Morgan fingerprint density at radius 2 is 1.42 bits per heavy atom. The van der Waals surface area contributed by atoms with Gasteiger partial charge >= 0.3 is 0 Å². The molecule has 5 nitrogen and oxygen atoms in total. The maximum Gasteiger partial charge on any atom is 0.268 e. The van der Waals surface area contributed by atoms with Crippen molar-refractivity contribution in [2.75, 3.05) is 10.6 Å². The molecule has 4 aromatic rings. The van der Waals surface area contributed by atoms with Gasteiger partial charge in [-0.15, -0.1) is 11.3 Å². The first-order chi connectivity index (χ1) is 15.1. The van der Waals surface area contributed by atoms with Crippen molar-refractivity contribution in [1.29, 1.82) is 0 Å². The second-order valence-corrected chi connectivity index (χ2v) is 8.15. The minimum Gasteiger partial charge on any atom is -0.326 e. The third-order valence-electron chi connectivity index (χ3n) is 4.60. The quantitative estimate of drug-likeness (QED) is 0.424. The molecule has 2 amide bonds. The van der Waals surface area contributed by atoms with Gasteiger partial charge in [-0.3, -0.25) is 9.59 Å². The zero-order valence-electron chi connectivity index (χ0n) is 17.0. The molecule has 0 aliphatic carbocycles.